The third kappa shape index (κ3) is 5.76. The number of carbonyl (C=O) groups is 3. The number of nitrogens with zero attached hydrogens (tertiary/aromatic N) is 3. The van der Waals surface area contributed by atoms with Crippen LogP contribution >= 0.6 is 0 Å². The topological polar surface area (TPSA) is 141 Å². The van der Waals surface area contributed by atoms with Crippen molar-refractivity contribution in [2.75, 3.05) is 24.9 Å². The van der Waals surface area contributed by atoms with Gasteiger partial charge in [0.25, 0.3) is 0 Å². The molecular weight excluding hydrogens is 370 g/mol. The van der Waals surface area contributed by atoms with Gasteiger partial charge in [-0.05, 0) is 24.3 Å². The zero-order valence-electron chi connectivity index (χ0n) is 15.3. The summed E-state index contributed by atoms with van der Waals surface area (Å²) in [4.78, 5) is 38.2. The highest BCUT2D eigenvalue weighted by molar-refractivity contribution is 5.90. The second-order valence-corrected chi connectivity index (χ2v) is 5.09. The monoisotopic (exact) mass is 391 g/mol. The molecule has 150 valence electrons. The standard InChI is InChI=1S/C17H17N5O6.2H2/c1-10(23)18-14-9-8-12(15(19-14)20-16(24)26-2)22-21-11-6-4-5-7-13(11)28-17(25)27-3;;/h4-9H,1-3H3,(H2,18,19,20,23,24);2*1H. The maximum atomic E-state index is 11.5. The summed E-state index contributed by atoms with van der Waals surface area (Å²) in [5.74, 6) is 0.00341. The number of pyridine rings is 1. The molecule has 11 nitrogen and oxygen atoms in total. The van der Waals surface area contributed by atoms with Crippen molar-refractivity contribution in [2.24, 2.45) is 10.2 Å². The molecule has 2 amide bonds. The SMILES string of the molecule is COC(=O)Nc1nc(NC(C)=O)ccc1N=Nc1ccccc1OC(=O)OC.[HH].[HH]. The molecule has 11 heteroatoms. The number of hydrogen-bond donors (Lipinski definition) is 2. The van der Waals surface area contributed by atoms with Crippen molar-refractivity contribution in [1.29, 1.82) is 0 Å². The largest absolute Gasteiger partial charge is 0.513 e. The molecule has 2 rings (SSSR count). The first-order valence-corrected chi connectivity index (χ1v) is 7.83. The highest BCUT2D eigenvalue weighted by Gasteiger charge is 2.12. The molecule has 0 atom stereocenters. The Balaban J connectivity index is 0.00000420. The van der Waals surface area contributed by atoms with E-state index < -0.39 is 12.2 Å². The van der Waals surface area contributed by atoms with Gasteiger partial charge < -0.3 is 19.5 Å². The minimum atomic E-state index is -0.906. The molecule has 28 heavy (non-hydrogen) atoms. The van der Waals surface area contributed by atoms with E-state index in [1.54, 1.807) is 18.2 Å². The molecule has 0 bridgehead atoms. The van der Waals surface area contributed by atoms with Crippen molar-refractivity contribution < 1.29 is 31.4 Å². The summed E-state index contributed by atoms with van der Waals surface area (Å²) in [6, 6.07) is 9.35. The zero-order valence-corrected chi connectivity index (χ0v) is 15.3. The van der Waals surface area contributed by atoms with E-state index in [1.807, 2.05) is 0 Å². The molecule has 0 fully saturated rings. The number of carbonyl (C=O) groups excluding carboxylic acids is 3. The number of azo groups is 1. The van der Waals surface area contributed by atoms with Crippen LogP contribution in [0.1, 0.15) is 9.78 Å². The van der Waals surface area contributed by atoms with E-state index >= 15 is 0 Å². The van der Waals surface area contributed by atoms with Crippen LogP contribution in [0.5, 0.6) is 5.75 Å². The molecule has 2 aromatic rings. The molecule has 0 aliphatic rings. The number of nitrogens with one attached hydrogen (secondary N) is 2. The Labute approximate surface area is 162 Å². The second kappa shape index (κ2) is 9.62. The van der Waals surface area contributed by atoms with E-state index in [0.717, 1.165) is 0 Å². The van der Waals surface area contributed by atoms with Crippen molar-refractivity contribution in [3.63, 3.8) is 0 Å². The highest BCUT2D eigenvalue weighted by atomic mass is 16.7. The summed E-state index contributed by atoms with van der Waals surface area (Å²) in [6.45, 7) is 1.32. The summed E-state index contributed by atoms with van der Waals surface area (Å²) < 4.78 is 14.0. The number of hydrogen-bond acceptors (Lipinski definition) is 9. The molecule has 1 aromatic carbocycles. The minimum absolute atomic E-state index is 0. The molecule has 0 aliphatic heterocycles. The molecule has 0 spiro atoms. The summed E-state index contributed by atoms with van der Waals surface area (Å²) in [6.07, 6.45) is -1.68. The van der Waals surface area contributed by atoms with Gasteiger partial charge in [-0.2, -0.15) is 0 Å². The van der Waals surface area contributed by atoms with Gasteiger partial charge in [-0.3, -0.25) is 10.1 Å². The zero-order chi connectivity index (χ0) is 20.5. The first-order valence-electron chi connectivity index (χ1n) is 7.83. The third-order valence-electron chi connectivity index (χ3n) is 3.07. The summed E-state index contributed by atoms with van der Waals surface area (Å²) >= 11 is 0. The fraction of sp³-hybridized carbons (Fsp3) is 0.176. The lowest BCUT2D eigenvalue weighted by Gasteiger charge is -2.08. The molecule has 1 heterocycles. The van der Waals surface area contributed by atoms with Gasteiger partial charge in [0.1, 0.15) is 17.2 Å². The van der Waals surface area contributed by atoms with Crippen LogP contribution < -0.4 is 15.4 Å². The Bertz CT molecular complexity index is 925. The van der Waals surface area contributed by atoms with E-state index in [1.165, 1.54) is 39.3 Å². The molecule has 2 N–H and O–H groups in total. The van der Waals surface area contributed by atoms with Crippen molar-refractivity contribution in [1.82, 2.24) is 4.98 Å². The number of anilines is 2. The molecule has 0 saturated heterocycles. The Morgan fingerprint density at radius 3 is 2.36 bits per heavy atom. The normalized spacial score (nSPS) is 10.2. The first kappa shape index (κ1) is 20.3. The molecule has 0 aliphatic carbocycles. The molecule has 1 aromatic heterocycles. The smallest absolute Gasteiger partial charge is 0.453 e. The van der Waals surface area contributed by atoms with Gasteiger partial charge in [-0.25, -0.2) is 14.6 Å². The second-order valence-electron chi connectivity index (χ2n) is 5.09. The van der Waals surface area contributed by atoms with Gasteiger partial charge in [-0.1, -0.05) is 12.1 Å². The van der Waals surface area contributed by atoms with Crippen LogP contribution in [0.25, 0.3) is 0 Å². The maximum absolute atomic E-state index is 11.5. The summed E-state index contributed by atoms with van der Waals surface area (Å²) in [5, 5.41) is 12.9. The summed E-state index contributed by atoms with van der Waals surface area (Å²) in [7, 11) is 2.37. The van der Waals surface area contributed by atoms with E-state index in [-0.39, 0.29) is 37.5 Å². The van der Waals surface area contributed by atoms with Crippen LogP contribution in [0.15, 0.2) is 46.6 Å². The van der Waals surface area contributed by atoms with Crippen molar-refractivity contribution in [3.05, 3.63) is 36.4 Å². The van der Waals surface area contributed by atoms with E-state index in [9.17, 15) is 14.4 Å². The Hall–Kier alpha value is -4.02. The van der Waals surface area contributed by atoms with Crippen LogP contribution in [0.4, 0.5) is 32.6 Å². The molecular formula is C17H21N5O6. The Kier molecular flexibility index (Phi) is 6.97. The minimum Gasteiger partial charge on any atom is -0.453 e. The lowest BCUT2D eigenvalue weighted by atomic mass is 10.3. The predicted octanol–water partition coefficient (Wildman–Crippen LogP) is 4.27. The number of rotatable bonds is 5. The van der Waals surface area contributed by atoms with Crippen LogP contribution in [0, 0.1) is 0 Å². The Morgan fingerprint density at radius 2 is 1.68 bits per heavy atom. The fourth-order valence-corrected chi connectivity index (χ4v) is 1.89. The van der Waals surface area contributed by atoms with E-state index in [2.05, 4.69) is 35.3 Å². The summed E-state index contributed by atoms with van der Waals surface area (Å²) in [5.41, 5.74) is 0.412. The maximum Gasteiger partial charge on any atom is 0.513 e. The quantitative estimate of drug-likeness (QED) is 0.440. The van der Waals surface area contributed by atoms with Crippen LogP contribution in [-0.4, -0.2) is 37.4 Å². The van der Waals surface area contributed by atoms with E-state index in [0.29, 0.717) is 0 Å². The molecule has 0 radical (unpaired) electrons. The van der Waals surface area contributed by atoms with Gasteiger partial charge in [0.2, 0.25) is 5.91 Å². The fourth-order valence-electron chi connectivity index (χ4n) is 1.89. The highest BCUT2D eigenvalue weighted by Crippen LogP contribution is 2.31. The number of ether oxygens (including phenoxy) is 3. The average molecular weight is 391 g/mol. The number of methoxy groups -OCH3 is 2. The number of para-hydroxylation sites is 1. The van der Waals surface area contributed by atoms with Crippen LogP contribution in [0.3, 0.4) is 0 Å². The van der Waals surface area contributed by atoms with E-state index in [4.69, 9.17) is 4.74 Å². The van der Waals surface area contributed by atoms with Crippen LogP contribution in [0.2, 0.25) is 0 Å². The van der Waals surface area contributed by atoms with Crippen molar-refractivity contribution in [2.45, 2.75) is 6.92 Å². The van der Waals surface area contributed by atoms with Gasteiger partial charge in [-0.15, -0.1) is 10.2 Å². The average Bonchev–Trinajstić information content (AvgIpc) is 2.67. The third-order valence-corrected chi connectivity index (χ3v) is 3.07. The predicted molar refractivity (Wildman–Crippen MR) is 102 cm³/mol. The molecule has 0 unspecified atom stereocenters. The van der Waals surface area contributed by atoms with Gasteiger partial charge >= 0.3 is 12.2 Å². The molecule has 0 saturated carbocycles. The lowest BCUT2D eigenvalue weighted by Crippen LogP contribution is -2.14. The number of benzene rings is 1. The van der Waals surface area contributed by atoms with Crippen LogP contribution in [-0.2, 0) is 14.3 Å². The van der Waals surface area contributed by atoms with Gasteiger partial charge in [0.15, 0.2) is 11.6 Å². The van der Waals surface area contributed by atoms with Gasteiger partial charge in [0.05, 0.1) is 14.2 Å². The Morgan fingerprint density at radius 1 is 0.964 bits per heavy atom. The number of aromatic nitrogens is 1. The van der Waals surface area contributed by atoms with Crippen molar-refractivity contribution >= 4 is 41.2 Å². The first-order chi connectivity index (χ1) is 13.4. The van der Waals surface area contributed by atoms with Gasteiger partial charge in [0, 0.05) is 9.78 Å². The van der Waals surface area contributed by atoms with Crippen molar-refractivity contribution in [3.8, 4) is 5.75 Å². The lowest BCUT2D eigenvalue weighted by molar-refractivity contribution is -0.114. The number of amides is 2.